The summed E-state index contributed by atoms with van der Waals surface area (Å²) in [7, 11) is 1.66. The van der Waals surface area contributed by atoms with Gasteiger partial charge in [-0.3, -0.25) is 0 Å². The highest BCUT2D eigenvalue weighted by Crippen LogP contribution is 2.39. The highest BCUT2D eigenvalue weighted by molar-refractivity contribution is 9.11. The average molecular weight is 543 g/mol. The van der Waals surface area contributed by atoms with Crippen molar-refractivity contribution >= 4 is 44.0 Å². The fourth-order valence-electron chi connectivity index (χ4n) is 2.58. The second kappa shape index (κ2) is 11.4. The van der Waals surface area contributed by atoms with Crippen LogP contribution in [0.1, 0.15) is 44.7 Å². The zero-order chi connectivity index (χ0) is 22.3. The molecule has 0 aliphatic carbocycles. The number of esters is 1. The Labute approximate surface area is 193 Å². The van der Waals surface area contributed by atoms with E-state index in [2.05, 4.69) is 50.9 Å². The van der Waals surface area contributed by atoms with E-state index in [-0.39, 0.29) is 0 Å². The molecule has 1 atom stereocenters. The molecule has 2 aromatic rings. The van der Waals surface area contributed by atoms with Gasteiger partial charge in [-0.15, -0.1) is 0 Å². The number of benzene rings is 2. The lowest BCUT2D eigenvalue weighted by Gasteiger charge is -2.15. The molecule has 0 fully saturated rings. The van der Waals surface area contributed by atoms with Crippen LogP contribution < -0.4 is 9.47 Å². The standard InChI is InChI=1S/C22H25Br2NO5/c1-6-28-22(26)14(4)30-25-12-15-9-18(23)21(19(24)10-15)29-16-7-8-20(27-5)17(11-16)13(2)3/h7-14H,6H2,1-5H3/b25-12-. The van der Waals surface area contributed by atoms with Crippen molar-refractivity contribution in [2.75, 3.05) is 13.7 Å². The number of hydrogen-bond donors (Lipinski definition) is 0. The Bertz CT molecular complexity index is 891. The van der Waals surface area contributed by atoms with E-state index < -0.39 is 12.1 Å². The monoisotopic (exact) mass is 541 g/mol. The lowest BCUT2D eigenvalue weighted by atomic mass is 10.0. The lowest BCUT2D eigenvalue weighted by molar-refractivity contribution is -0.155. The molecule has 0 aliphatic rings. The summed E-state index contributed by atoms with van der Waals surface area (Å²) in [6, 6.07) is 9.42. The normalized spacial score (nSPS) is 12.1. The van der Waals surface area contributed by atoms with Crippen molar-refractivity contribution in [3.05, 3.63) is 50.4 Å². The number of carbonyl (C=O) groups is 1. The molecule has 0 spiro atoms. The molecule has 2 rings (SSSR count). The summed E-state index contributed by atoms with van der Waals surface area (Å²) in [6.07, 6.45) is 0.736. The van der Waals surface area contributed by atoms with Crippen molar-refractivity contribution in [2.45, 2.75) is 39.7 Å². The van der Waals surface area contributed by atoms with Gasteiger partial charge >= 0.3 is 5.97 Å². The highest BCUT2D eigenvalue weighted by atomic mass is 79.9. The number of ether oxygens (including phenoxy) is 3. The molecule has 1 unspecified atom stereocenters. The van der Waals surface area contributed by atoms with Gasteiger partial charge in [0, 0.05) is 5.56 Å². The first-order chi connectivity index (χ1) is 14.3. The summed E-state index contributed by atoms with van der Waals surface area (Å²) in [5.74, 6) is 2.01. The molecule has 0 aromatic heterocycles. The SMILES string of the molecule is CCOC(=O)C(C)O/N=C\c1cc(Br)c(Oc2ccc(OC)c(C(C)C)c2)c(Br)c1. The van der Waals surface area contributed by atoms with E-state index in [1.165, 1.54) is 6.21 Å². The van der Waals surface area contributed by atoms with E-state index in [9.17, 15) is 4.79 Å². The van der Waals surface area contributed by atoms with Crippen LogP contribution in [0.25, 0.3) is 0 Å². The van der Waals surface area contributed by atoms with Gasteiger partial charge in [-0.2, -0.15) is 0 Å². The van der Waals surface area contributed by atoms with E-state index in [1.807, 2.05) is 30.3 Å². The third-order valence-electron chi connectivity index (χ3n) is 4.10. The summed E-state index contributed by atoms with van der Waals surface area (Å²) in [5, 5.41) is 3.87. The van der Waals surface area contributed by atoms with Crippen molar-refractivity contribution in [1.82, 2.24) is 0 Å². The topological polar surface area (TPSA) is 66.4 Å². The van der Waals surface area contributed by atoms with Gasteiger partial charge in [-0.1, -0.05) is 19.0 Å². The summed E-state index contributed by atoms with van der Waals surface area (Å²) < 4.78 is 17.9. The third kappa shape index (κ3) is 6.47. The van der Waals surface area contributed by atoms with Crippen LogP contribution in [0.3, 0.4) is 0 Å². The number of hydrogen-bond acceptors (Lipinski definition) is 6. The van der Waals surface area contributed by atoms with Gasteiger partial charge in [0.25, 0.3) is 0 Å². The molecular formula is C22H25Br2NO5. The van der Waals surface area contributed by atoms with Crippen LogP contribution in [0, 0.1) is 0 Å². The Morgan fingerprint density at radius 3 is 2.37 bits per heavy atom. The summed E-state index contributed by atoms with van der Waals surface area (Å²) in [4.78, 5) is 16.7. The second-order valence-electron chi connectivity index (χ2n) is 6.71. The molecule has 0 saturated carbocycles. The molecule has 30 heavy (non-hydrogen) atoms. The summed E-state index contributed by atoms with van der Waals surface area (Å²) >= 11 is 7.08. The van der Waals surface area contributed by atoms with Crippen LogP contribution in [0.5, 0.6) is 17.2 Å². The minimum atomic E-state index is -0.777. The van der Waals surface area contributed by atoms with Crippen molar-refractivity contribution in [2.24, 2.45) is 5.16 Å². The van der Waals surface area contributed by atoms with Gasteiger partial charge < -0.3 is 19.0 Å². The Morgan fingerprint density at radius 2 is 1.80 bits per heavy atom. The van der Waals surface area contributed by atoms with E-state index in [0.29, 0.717) is 24.0 Å². The van der Waals surface area contributed by atoms with Gasteiger partial charge in [0.1, 0.15) is 11.5 Å². The Morgan fingerprint density at radius 1 is 1.13 bits per heavy atom. The van der Waals surface area contributed by atoms with Gasteiger partial charge in [0.2, 0.25) is 6.10 Å². The first kappa shape index (κ1) is 24.2. The predicted molar refractivity (Wildman–Crippen MR) is 124 cm³/mol. The van der Waals surface area contributed by atoms with Crippen molar-refractivity contribution < 1.29 is 23.8 Å². The van der Waals surface area contributed by atoms with Crippen molar-refractivity contribution in [1.29, 1.82) is 0 Å². The predicted octanol–water partition coefficient (Wildman–Crippen LogP) is 6.44. The molecule has 0 saturated heterocycles. The van der Waals surface area contributed by atoms with Crippen molar-refractivity contribution in [3.8, 4) is 17.2 Å². The van der Waals surface area contributed by atoms with Crippen LogP contribution in [0.4, 0.5) is 0 Å². The van der Waals surface area contributed by atoms with Gasteiger partial charge in [0.15, 0.2) is 5.75 Å². The third-order valence-corrected chi connectivity index (χ3v) is 5.28. The Kier molecular flexibility index (Phi) is 9.17. The number of rotatable bonds is 9. The fourth-order valence-corrected chi connectivity index (χ4v) is 3.97. The lowest BCUT2D eigenvalue weighted by Crippen LogP contribution is -2.21. The van der Waals surface area contributed by atoms with Gasteiger partial charge in [-0.25, -0.2) is 4.79 Å². The molecule has 0 heterocycles. The largest absolute Gasteiger partial charge is 0.496 e. The number of nitrogens with zero attached hydrogens (tertiary/aromatic N) is 1. The second-order valence-corrected chi connectivity index (χ2v) is 8.42. The van der Waals surface area contributed by atoms with Gasteiger partial charge in [0.05, 0.1) is 28.9 Å². The molecule has 0 N–H and O–H groups in total. The molecular weight excluding hydrogens is 518 g/mol. The first-order valence-corrected chi connectivity index (χ1v) is 11.1. The molecule has 0 aliphatic heterocycles. The maximum Gasteiger partial charge on any atom is 0.349 e. The Hall–Kier alpha value is -2.06. The maximum absolute atomic E-state index is 11.6. The van der Waals surface area contributed by atoms with Gasteiger partial charge in [-0.05, 0) is 87.5 Å². The summed E-state index contributed by atoms with van der Waals surface area (Å²) in [6.45, 7) is 7.82. The zero-order valence-corrected chi connectivity index (χ0v) is 20.7. The highest BCUT2D eigenvalue weighted by Gasteiger charge is 2.15. The first-order valence-electron chi connectivity index (χ1n) is 9.47. The maximum atomic E-state index is 11.6. The van der Waals surface area contributed by atoms with E-state index in [0.717, 1.165) is 25.8 Å². The quantitative estimate of drug-likeness (QED) is 0.207. The van der Waals surface area contributed by atoms with E-state index in [1.54, 1.807) is 21.0 Å². The number of carbonyl (C=O) groups excluding carboxylic acids is 1. The molecule has 162 valence electrons. The molecule has 6 nitrogen and oxygen atoms in total. The molecule has 2 aromatic carbocycles. The number of methoxy groups -OCH3 is 1. The summed E-state index contributed by atoms with van der Waals surface area (Å²) in [5.41, 5.74) is 1.83. The smallest absolute Gasteiger partial charge is 0.349 e. The minimum absolute atomic E-state index is 0.296. The van der Waals surface area contributed by atoms with E-state index >= 15 is 0 Å². The van der Waals surface area contributed by atoms with Crippen LogP contribution in [-0.4, -0.2) is 32.0 Å². The molecule has 0 bridgehead atoms. The Balaban J connectivity index is 2.16. The minimum Gasteiger partial charge on any atom is -0.496 e. The van der Waals surface area contributed by atoms with Crippen LogP contribution in [-0.2, 0) is 14.4 Å². The van der Waals surface area contributed by atoms with E-state index in [4.69, 9.17) is 19.0 Å². The molecule has 0 radical (unpaired) electrons. The zero-order valence-electron chi connectivity index (χ0n) is 17.6. The fraction of sp³-hybridized carbons (Fsp3) is 0.364. The molecule has 0 amide bonds. The average Bonchev–Trinajstić information content (AvgIpc) is 2.70. The van der Waals surface area contributed by atoms with Crippen LogP contribution in [0.2, 0.25) is 0 Å². The molecule has 8 heteroatoms. The van der Waals surface area contributed by atoms with Crippen LogP contribution >= 0.6 is 31.9 Å². The number of halogens is 2. The van der Waals surface area contributed by atoms with Crippen LogP contribution in [0.15, 0.2) is 44.4 Å². The van der Waals surface area contributed by atoms with Crippen molar-refractivity contribution in [3.63, 3.8) is 0 Å². The number of oxime groups is 1.